The summed E-state index contributed by atoms with van der Waals surface area (Å²) >= 11 is 1.59. The first-order chi connectivity index (χ1) is 20.5. The van der Waals surface area contributed by atoms with E-state index in [1.807, 2.05) is 57.5 Å². The van der Waals surface area contributed by atoms with Crippen LogP contribution in [-0.2, 0) is 20.9 Å². The number of hydrogen-bond acceptors (Lipinski definition) is 7. The number of amides is 3. The molecule has 1 saturated heterocycles. The first-order valence-corrected chi connectivity index (χ1v) is 16.6. The smallest absolute Gasteiger partial charge is 0.246 e. The molecule has 1 aliphatic rings. The molecule has 2 heterocycles. The number of hydrogen-bond donors (Lipinski definition) is 4. The third-order valence-electron chi connectivity index (χ3n) is 8.07. The van der Waals surface area contributed by atoms with Gasteiger partial charge in [0.2, 0.25) is 17.7 Å². The van der Waals surface area contributed by atoms with Crippen molar-refractivity contribution in [2.75, 3.05) is 13.1 Å². The zero-order valence-electron chi connectivity index (χ0n) is 26.8. The maximum atomic E-state index is 13.8. The van der Waals surface area contributed by atoms with Gasteiger partial charge in [-0.3, -0.25) is 14.4 Å². The standard InChI is InChI=1S/C33H51N5O4S.ClH/c1-23-29(43-22-36-23)25-16-14-24(15-17-25)20-35-31(41)27-19-26(39)21-38(27)32(42)30(33(2,3)4)37-28(40)13-11-9-7-5-6-8-10-12-18-34;/h14-17,22,26-27,30,39H,5-13,18-21,34H2,1-4H3,(H,35,41)(H,37,40);1H/t26-,27+,30-;/m1./s1. The van der Waals surface area contributed by atoms with E-state index >= 15 is 0 Å². The Hall–Kier alpha value is -2.53. The average molecular weight is 650 g/mol. The van der Waals surface area contributed by atoms with Crippen LogP contribution in [0.5, 0.6) is 0 Å². The first-order valence-electron chi connectivity index (χ1n) is 15.8. The molecule has 1 aliphatic heterocycles. The van der Waals surface area contributed by atoms with E-state index in [1.54, 1.807) is 11.3 Å². The van der Waals surface area contributed by atoms with Crippen LogP contribution in [0.3, 0.4) is 0 Å². The van der Waals surface area contributed by atoms with E-state index in [4.69, 9.17) is 5.73 Å². The second kappa shape index (κ2) is 18.4. The molecule has 3 atom stereocenters. The highest BCUT2D eigenvalue weighted by atomic mass is 35.5. The number of aliphatic hydroxyl groups is 1. The van der Waals surface area contributed by atoms with Gasteiger partial charge in [0, 0.05) is 25.9 Å². The molecule has 0 spiro atoms. The number of carbonyl (C=O) groups excluding carboxylic acids is 3. The minimum Gasteiger partial charge on any atom is -0.391 e. The number of rotatable bonds is 16. The summed E-state index contributed by atoms with van der Waals surface area (Å²) in [6.45, 7) is 8.81. The molecule has 1 aromatic heterocycles. The topological polar surface area (TPSA) is 138 Å². The molecule has 246 valence electrons. The molecule has 1 aromatic carbocycles. The fraction of sp³-hybridized carbons (Fsp3) is 0.636. The number of aryl methyl sites for hydroxylation is 1. The molecule has 3 rings (SSSR count). The highest BCUT2D eigenvalue weighted by Gasteiger charge is 2.44. The molecule has 11 heteroatoms. The van der Waals surface area contributed by atoms with Crippen LogP contribution in [0.1, 0.15) is 96.2 Å². The van der Waals surface area contributed by atoms with Gasteiger partial charge in [0.05, 0.1) is 22.2 Å². The molecule has 5 N–H and O–H groups in total. The summed E-state index contributed by atoms with van der Waals surface area (Å²) < 4.78 is 0. The first kappa shape index (κ1) is 37.7. The van der Waals surface area contributed by atoms with Crippen LogP contribution in [0.4, 0.5) is 0 Å². The fourth-order valence-electron chi connectivity index (χ4n) is 5.50. The summed E-state index contributed by atoms with van der Waals surface area (Å²) in [4.78, 5) is 46.8. The highest BCUT2D eigenvalue weighted by Crippen LogP contribution is 2.28. The van der Waals surface area contributed by atoms with Crippen molar-refractivity contribution in [3.05, 3.63) is 41.0 Å². The third-order valence-corrected chi connectivity index (χ3v) is 9.05. The Kier molecular flexibility index (Phi) is 15.8. The third kappa shape index (κ3) is 11.4. The number of thiazole rings is 1. The molecule has 0 saturated carbocycles. The lowest BCUT2D eigenvalue weighted by atomic mass is 9.85. The number of nitrogens with two attached hydrogens (primary N) is 1. The quantitative estimate of drug-likeness (QED) is 0.186. The fourth-order valence-corrected chi connectivity index (χ4v) is 6.32. The molecule has 44 heavy (non-hydrogen) atoms. The number of nitrogens with zero attached hydrogens (tertiary/aromatic N) is 2. The average Bonchev–Trinajstić information content (AvgIpc) is 3.58. The van der Waals surface area contributed by atoms with Crippen LogP contribution in [0.2, 0.25) is 0 Å². The van der Waals surface area contributed by atoms with Crippen molar-refractivity contribution in [3.63, 3.8) is 0 Å². The Morgan fingerprint density at radius 2 is 1.66 bits per heavy atom. The van der Waals surface area contributed by atoms with E-state index in [9.17, 15) is 19.5 Å². The molecule has 0 unspecified atom stereocenters. The van der Waals surface area contributed by atoms with Gasteiger partial charge in [0.15, 0.2) is 0 Å². The second-order valence-electron chi connectivity index (χ2n) is 12.8. The minimum atomic E-state index is -0.800. The monoisotopic (exact) mass is 649 g/mol. The number of unbranched alkanes of at least 4 members (excludes halogenated alkanes) is 7. The predicted molar refractivity (Wildman–Crippen MR) is 179 cm³/mol. The Bertz CT molecular complexity index is 1180. The summed E-state index contributed by atoms with van der Waals surface area (Å²) in [5.74, 6) is -0.803. The Morgan fingerprint density at radius 3 is 2.23 bits per heavy atom. The van der Waals surface area contributed by atoms with Gasteiger partial charge in [-0.2, -0.15) is 0 Å². The lowest BCUT2D eigenvalue weighted by Gasteiger charge is -2.35. The number of halogens is 1. The minimum absolute atomic E-state index is 0. The molecule has 9 nitrogen and oxygen atoms in total. The lowest BCUT2D eigenvalue weighted by molar-refractivity contribution is -0.144. The van der Waals surface area contributed by atoms with Crippen LogP contribution in [0.25, 0.3) is 10.4 Å². The number of aromatic nitrogens is 1. The Labute approximate surface area is 273 Å². The van der Waals surface area contributed by atoms with Crippen molar-refractivity contribution in [2.45, 2.75) is 117 Å². The largest absolute Gasteiger partial charge is 0.391 e. The summed E-state index contributed by atoms with van der Waals surface area (Å²) in [5, 5.41) is 16.3. The van der Waals surface area contributed by atoms with Crippen molar-refractivity contribution in [1.29, 1.82) is 0 Å². The van der Waals surface area contributed by atoms with E-state index in [1.165, 1.54) is 24.2 Å². The summed E-state index contributed by atoms with van der Waals surface area (Å²) in [6, 6.07) is 6.36. The van der Waals surface area contributed by atoms with E-state index < -0.39 is 23.6 Å². The number of carbonyl (C=O) groups is 3. The van der Waals surface area contributed by atoms with Crippen molar-refractivity contribution in [3.8, 4) is 10.4 Å². The maximum absolute atomic E-state index is 13.8. The molecule has 0 bridgehead atoms. The number of β-amino-alcohol motifs (C(OH)–C–C–N with tert-alkyl or cyclic N) is 1. The molecule has 3 amide bonds. The molecule has 0 radical (unpaired) electrons. The maximum Gasteiger partial charge on any atom is 0.246 e. The molecule has 2 aromatic rings. The number of nitrogens with one attached hydrogen (secondary N) is 2. The van der Waals surface area contributed by atoms with Crippen LogP contribution in [0.15, 0.2) is 29.8 Å². The van der Waals surface area contributed by atoms with Gasteiger partial charge in [-0.1, -0.05) is 83.6 Å². The van der Waals surface area contributed by atoms with Crippen LogP contribution >= 0.6 is 23.7 Å². The zero-order valence-corrected chi connectivity index (χ0v) is 28.4. The van der Waals surface area contributed by atoms with Gasteiger partial charge in [-0.25, -0.2) is 4.98 Å². The van der Waals surface area contributed by atoms with E-state index in [0.717, 1.165) is 60.3 Å². The van der Waals surface area contributed by atoms with Crippen molar-refractivity contribution in [1.82, 2.24) is 20.5 Å². The molecule has 1 fully saturated rings. The SMILES string of the molecule is Cc1ncsc1-c1ccc(CNC(=O)[C@@H]2C[C@@H](O)CN2C(=O)[C@@H](NC(=O)CCCCCCCCCCN)C(C)(C)C)cc1.Cl. The van der Waals surface area contributed by atoms with Crippen LogP contribution in [0, 0.1) is 12.3 Å². The Morgan fingerprint density at radius 1 is 1.05 bits per heavy atom. The van der Waals surface area contributed by atoms with E-state index in [2.05, 4.69) is 15.6 Å². The van der Waals surface area contributed by atoms with Gasteiger partial charge in [-0.15, -0.1) is 23.7 Å². The van der Waals surface area contributed by atoms with Gasteiger partial charge in [-0.05, 0) is 42.9 Å². The number of likely N-dealkylation sites (tertiary alicyclic amines) is 1. The molecular weight excluding hydrogens is 598 g/mol. The van der Waals surface area contributed by atoms with Crippen molar-refractivity contribution < 1.29 is 19.5 Å². The second-order valence-corrected chi connectivity index (χ2v) is 13.7. The summed E-state index contributed by atoms with van der Waals surface area (Å²) in [7, 11) is 0. The van der Waals surface area contributed by atoms with Crippen LogP contribution < -0.4 is 16.4 Å². The molecular formula is C33H52ClN5O4S. The van der Waals surface area contributed by atoms with E-state index in [0.29, 0.717) is 13.0 Å². The van der Waals surface area contributed by atoms with Gasteiger partial charge in [0.25, 0.3) is 0 Å². The van der Waals surface area contributed by atoms with Gasteiger partial charge >= 0.3 is 0 Å². The summed E-state index contributed by atoms with van der Waals surface area (Å²) in [6.07, 6.45) is 8.40. The summed E-state index contributed by atoms with van der Waals surface area (Å²) in [5.41, 5.74) is 9.80. The number of aliphatic hydroxyl groups excluding tert-OH is 1. The normalized spacial score (nSPS) is 17.2. The predicted octanol–water partition coefficient (Wildman–Crippen LogP) is 5.12. The van der Waals surface area contributed by atoms with Gasteiger partial charge in [0.1, 0.15) is 12.1 Å². The lowest BCUT2D eigenvalue weighted by Crippen LogP contribution is -2.57. The highest BCUT2D eigenvalue weighted by molar-refractivity contribution is 7.13. The zero-order chi connectivity index (χ0) is 31.4. The van der Waals surface area contributed by atoms with Crippen LogP contribution in [-0.4, -0.2) is 64.0 Å². The van der Waals surface area contributed by atoms with Crippen molar-refractivity contribution in [2.24, 2.45) is 11.1 Å². The van der Waals surface area contributed by atoms with Crippen molar-refractivity contribution >= 4 is 41.5 Å². The van der Waals surface area contributed by atoms with E-state index in [-0.39, 0.29) is 43.1 Å². The molecule has 0 aliphatic carbocycles. The Balaban J connectivity index is 0.00000675. The number of benzene rings is 1. The van der Waals surface area contributed by atoms with Gasteiger partial charge < -0.3 is 26.4 Å².